The minimum absolute atomic E-state index is 0.296. The Morgan fingerprint density at radius 2 is 1.18 bits per heavy atom. The zero-order valence-electron chi connectivity index (χ0n) is 19.9. The van der Waals surface area contributed by atoms with Crippen LogP contribution in [0.4, 0.5) is 0 Å². The zero-order valence-corrected chi connectivity index (χ0v) is 19.9. The van der Waals surface area contributed by atoms with E-state index in [-0.39, 0.29) is 6.61 Å². The Morgan fingerprint density at radius 3 is 1.82 bits per heavy atom. The van der Waals surface area contributed by atoms with Crippen LogP contribution in [0.25, 0.3) is 0 Å². The normalized spacial score (nSPS) is 52.3. The molecule has 18 heteroatoms. The molecule has 222 valence electrons. The van der Waals surface area contributed by atoms with Crippen LogP contribution in [0.5, 0.6) is 0 Å². The summed E-state index contributed by atoms with van der Waals surface area (Å²) in [6, 6.07) is 0. The van der Waals surface area contributed by atoms with Gasteiger partial charge in [-0.25, -0.2) is 0 Å². The van der Waals surface area contributed by atoms with Crippen molar-refractivity contribution in [3.63, 3.8) is 0 Å². The summed E-state index contributed by atoms with van der Waals surface area (Å²) >= 11 is 0. The van der Waals surface area contributed by atoms with Gasteiger partial charge in [-0.2, -0.15) is 5.48 Å². The maximum absolute atomic E-state index is 10.6. The lowest BCUT2D eigenvalue weighted by Crippen LogP contribution is -2.63. The van der Waals surface area contributed by atoms with Gasteiger partial charge in [-0.05, 0) is 0 Å². The van der Waals surface area contributed by atoms with Crippen molar-refractivity contribution in [2.45, 2.75) is 98.3 Å². The quantitative estimate of drug-likeness (QED) is 0.123. The summed E-state index contributed by atoms with van der Waals surface area (Å²) in [5.74, 6) is 0. The number of rotatable bonds is 8. The molecule has 0 aromatic carbocycles. The van der Waals surface area contributed by atoms with E-state index in [1.54, 1.807) is 5.48 Å². The predicted molar refractivity (Wildman–Crippen MR) is 113 cm³/mol. The summed E-state index contributed by atoms with van der Waals surface area (Å²) in [6.07, 6.45) is -23.5. The molecular formula is C20H35NO17. The Kier molecular flexibility index (Phi) is 10.2. The molecule has 0 amide bonds. The molecule has 16 atom stereocenters. The smallest absolute Gasteiger partial charge is 0.187 e. The molecule has 4 heterocycles. The molecule has 8 unspecified atom stereocenters. The van der Waals surface area contributed by atoms with Gasteiger partial charge >= 0.3 is 0 Å². The minimum Gasteiger partial charge on any atom is -0.394 e. The second-order valence-electron chi connectivity index (χ2n) is 9.46. The van der Waals surface area contributed by atoms with Gasteiger partial charge in [0.05, 0.1) is 26.4 Å². The first-order valence-electron chi connectivity index (χ1n) is 12.0. The van der Waals surface area contributed by atoms with E-state index >= 15 is 0 Å². The lowest BCUT2D eigenvalue weighted by Gasteiger charge is -2.44. The van der Waals surface area contributed by atoms with Crippen molar-refractivity contribution in [3.8, 4) is 0 Å². The summed E-state index contributed by atoms with van der Waals surface area (Å²) < 4.78 is 37.8. The van der Waals surface area contributed by atoms with Crippen LogP contribution < -0.4 is 5.48 Å². The average molecular weight is 561 g/mol. The van der Waals surface area contributed by atoms with Crippen molar-refractivity contribution >= 4 is 0 Å². The molecule has 18 nitrogen and oxygen atoms in total. The molecule has 0 bridgehead atoms. The highest BCUT2D eigenvalue weighted by molar-refractivity contribution is 4.93. The molecule has 0 aromatic heterocycles. The summed E-state index contributed by atoms with van der Waals surface area (Å²) in [5.41, 5.74) is 1.68. The van der Waals surface area contributed by atoms with Gasteiger partial charge in [0.1, 0.15) is 73.2 Å². The fourth-order valence-corrected chi connectivity index (χ4v) is 4.54. The number of hydroxylamine groups is 1. The van der Waals surface area contributed by atoms with E-state index < -0.39 is 118 Å². The maximum atomic E-state index is 10.6. The Bertz CT molecular complexity index is 752. The number of aliphatic hydroxyl groups is 9. The van der Waals surface area contributed by atoms with Crippen LogP contribution in [-0.4, -0.2) is 176 Å². The lowest BCUT2D eigenvalue weighted by atomic mass is 10.0. The molecule has 4 saturated heterocycles. The molecule has 0 spiro atoms. The van der Waals surface area contributed by atoms with Crippen molar-refractivity contribution in [1.82, 2.24) is 5.48 Å². The van der Waals surface area contributed by atoms with E-state index in [2.05, 4.69) is 0 Å². The SMILES string of the molecule is OC[C@@H]1O[C@@H](OC2C(O)[C@H](O)CO[C@H]2O[C@@H]2CO[C@@H](O[C@@H]3CO[C@@H](NO)C(O)C3O)C(O)C2O)C(O)C1O. The number of hydrogen-bond acceptors (Lipinski definition) is 18. The highest BCUT2D eigenvalue weighted by atomic mass is 16.8. The van der Waals surface area contributed by atoms with Gasteiger partial charge in [-0.15, -0.1) is 0 Å². The summed E-state index contributed by atoms with van der Waals surface area (Å²) in [6.45, 7) is -1.71. The van der Waals surface area contributed by atoms with Gasteiger partial charge in [0.25, 0.3) is 0 Å². The van der Waals surface area contributed by atoms with E-state index in [0.29, 0.717) is 0 Å². The number of aliphatic hydroxyl groups excluding tert-OH is 9. The largest absolute Gasteiger partial charge is 0.394 e. The van der Waals surface area contributed by atoms with Gasteiger partial charge in [0, 0.05) is 0 Å². The maximum Gasteiger partial charge on any atom is 0.187 e. The average Bonchev–Trinajstić information content (AvgIpc) is 3.18. The Balaban J connectivity index is 1.36. The molecule has 11 N–H and O–H groups in total. The zero-order chi connectivity index (χ0) is 27.7. The number of ether oxygens (including phenoxy) is 7. The highest BCUT2D eigenvalue weighted by Gasteiger charge is 2.51. The Morgan fingerprint density at radius 1 is 0.605 bits per heavy atom. The number of hydrogen-bond donors (Lipinski definition) is 11. The summed E-state index contributed by atoms with van der Waals surface area (Å²) in [5, 5.41) is 100. The second kappa shape index (κ2) is 12.9. The fraction of sp³-hybridized carbons (Fsp3) is 1.00. The van der Waals surface area contributed by atoms with Crippen LogP contribution >= 0.6 is 0 Å². The van der Waals surface area contributed by atoms with Crippen molar-refractivity contribution in [2.24, 2.45) is 0 Å². The van der Waals surface area contributed by atoms with Gasteiger partial charge in [0.2, 0.25) is 0 Å². The Labute approximate surface area is 215 Å². The first-order chi connectivity index (χ1) is 18.1. The third-order valence-electron chi connectivity index (χ3n) is 6.88. The predicted octanol–water partition coefficient (Wildman–Crippen LogP) is -7.21. The molecule has 4 fully saturated rings. The van der Waals surface area contributed by atoms with Crippen LogP contribution in [0, 0.1) is 0 Å². The van der Waals surface area contributed by atoms with Crippen LogP contribution in [0.3, 0.4) is 0 Å². The van der Waals surface area contributed by atoms with Gasteiger partial charge in [-0.1, -0.05) is 0 Å². The van der Waals surface area contributed by atoms with Gasteiger partial charge < -0.3 is 84.3 Å². The highest BCUT2D eigenvalue weighted by Crippen LogP contribution is 2.30. The molecule has 4 aliphatic heterocycles. The number of nitrogens with one attached hydrogen (secondary N) is 1. The van der Waals surface area contributed by atoms with Crippen LogP contribution in [0.15, 0.2) is 0 Å². The molecule has 4 aliphatic rings. The lowest BCUT2D eigenvalue weighted by molar-refractivity contribution is -0.356. The first-order valence-corrected chi connectivity index (χ1v) is 12.0. The van der Waals surface area contributed by atoms with Crippen LogP contribution in [-0.2, 0) is 33.2 Å². The van der Waals surface area contributed by atoms with Crippen LogP contribution in [0.2, 0.25) is 0 Å². The second-order valence-corrected chi connectivity index (χ2v) is 9.46. The standard InChI is InChI=1S/C20H35NO17/c22-1-6-10(25)15(30)19(35-6)38-16-9(24)5(23)2-33-20(16)37-8-4-34-18(14(29)12(8)27)36-7-3-32-17(21-31)13(28)11(7)26/h5-31H,1-4H2/t5-,6+,7-,8-,9?,10?,11?,12?,13?,14?,15?,16?,17-,18+,19+,20+/m1/s1. The first kappa shape index (κ1) is 30.2. The van der Waals surface area contributed by atoms with E-state index in [1.807, 2.05) is 0 Å². The monoisotopic (exact) mass is 561 g/mol. The van der Waals surface area contributed by atoms with Crippen molar-refractivity contribution in [1.29, 1.82) is 0 Å². The third kappa shape index (κ3) is 6.12. The van der Waals surface area contributed by atoms with E-state index in [0.717, 1.165) is 0 Å². The van der Waals surface area contributed by atoms with Crippen molar-refractivity contribution < 1.29 is 84.3 Å². The van der Waals surface area contributed by atoms with E-state index in [4.69, 9.17) is 38.4 Å². The molecule has 0 aromatic rings. The van der Waals surface area contributed by atoms with E-state index in [1.165, 1.54) is 0 Å². The molecule has 0 saturated carbocycles. The fourth-order valence-electron chi connectivity index (χ4n) is 4.54. The topological polar surface area (TPSA) is 279 Å². The molecule has 0 radical (unpaired) electrons. The Hall–Kier alpha value is -0.720. The van der Waals surface area contributed by atoms with E-state index in [9.17, 15) is 46.0 Å². The molecular weight excluding hydrogens is 526 g/mol. The summed E-state index contributed by atoms with van der Waals surface area (Å²) in [7, 11) is 0. The minimum atomic E-state index is -1.73. The summed E-state index contributed by atoms with van der Waals surface area (Å²) in [4.78, 5) is 0. The molecule has 0 aliphatic carbocycles. The van der Waals surface area contributed by atoms with Crippen LogP contribution in [0.1, 0.15) is 0 Å². The van der Waals surface area contributed by atoms with Crippen molar-refractivity contribution in [2.75, 3.05) is 26.4 Å². The van der Waals surface area contributed by atoms with Crippen molar-refractivity contribution in [3.05, 3.63) is 0 Å². The third-order valence-corrected chi connectivity index (χ3v) is 6.88. The van der Waals surface area contributed by atoms with Gasteiger partial charge in [0.15, 0.2) is 25.1 Å². The molecule has 4 rings (SSSR count). The molecule has 38 heavy (non-hydrogen) atoms. The van der Waals surface area contributed by atoms with Gasteiger partial charge in [-0.3, -0.25) is 0 Å².